The molecule has 1 saturated heterocycles. The molecular formula is C26H25NO2S. The molecule has 3 aliphatic carbocycles. The molecule has 0 unspecified atom stereocenters. The molecule has 1 amide bonds. The van der Waals surface area contributed by atoms with Crippen molar-refractivity contribution in [1.29, 1.82) is 0 Å². The van der Waals surface area contributed by atoms with Crippen molar-refractivity contribution >= 4 is 17.2 Å². The number of benzene rings is 2. The van der Waals surface area contributed by atoms with E-state index in [1.54, 1.807) is 18.4 Å². The Morgan fingerprint density at radius 1 is 1.00 bits per heavy atom. The first-order chi connectivity index (χ1) is 14.6. The van der Waals surface area contributed by atoms with Gasteiger partial charge in [0.05, 0.1) is 23.5 Å². The summed E-state index contributed by atoms with van der Waals surface area (Å²) in [6.07, 6.45) is -0.118. The molecule has 4 atom stereocenters. The monoisotopic (exact) mass is 415 g/mol. The van der Waals surface area contributed by atoms with Crippen LogP contribution in [-0.4, -0.2) is 31.1 Å². The maximum Gasteiger partial charge on any atom is 0.227 e. The molecule has 4 aliphatic rings. The summed E-state index contributed by atoms with van der Waals surface area (Å²) in [6, 6.07) is 21.9. The highest BCUT2D eigenvalue weighted by Crippen LogP contribution is 2.68. The highest BCUT2D eigenvalue weighted by Gasteiger charge is 2.69. The van der Waals surface area contributed by atoms with Gasteiger partial charge in [0.1, 0.15) is 0 Å². The maximum atomic E-state index is 14.0. The van der Waals surface area contributed by atoms with E-state index >= 15 is 0 Å². The van der Waals surface area contributed by atoms with Crippen LogP contribution in [0.1, 0.15) is 46.0 Å². The van der Waals surface area contributed by atoms with Gasteiger partial charge in [-0.05, 0) is 40.6 Å². The Morgan fingerprint density at radius 2 is 1.63 bits per heavy atom. The smallest absolute Gasteiger partial charge is 0.227 e. The van der Waals surface area contributed by atoms with Gasteiger partial charge in [-0.15, -0.1) is 11.3 Å². The number of amides is 1. The minimum absolute atomic E-state index is 0.0950. The summed E-state index contributed by atoms with van der Waals surface area (Å²) >= 11 is 1.76. The molecule has 0 saturated carbocycles. The van der Waals surface area contributed by atoms with Crippen LogP contribution < -0.4 is 0 Å². The fourth-order valence-electron chi connectivity index (χ4n) is 6.90. The molecule has 3 nitrogen and oxygen atoms in total. The third-order valence-corrected chi connectivity index (χ3v) is 8.91. The molecule has 30 heavy (non-hydrogen) atoms. The Balaban J connectivity index is 1.73. The number of carbonyl (C=O) groups excluding carboxylic acids is 1. The second-order valence-electron chi connectivity index (χ2n) is 8.86. The zero-order valence-corrected chi connectivity index (χ0v) is 18.2. The SMILES string of the molecule is CO[C@H](C)C12c3ccccc3C(c3ccccc31)[C@@H]1[C@H]2C(=O)N(C)[C@H]1c1cccs1. The van der Waals surface area contributed by atoms with Gasteiger partial charge in [-0.1, -0.05) is 54.6 Å². The minimum atomic E-state index is -0.474. The standard InChI is InChI=1S/C26H25NO2S/c1-15(29-3)26-18-11-6-4-9-16(18)21(17-10-5-7-12-19(17)26)22-23(26)25(28)27(2)24(22)20-13-8-14-30-20/h4-15,21-24H,1-3H3/t15-,21?,22-,23+,24+,26?/m1/s1. The number of carbonyl (C=O) groups is 1. The lowest BCUT2D eigenvalue weighted by atomic mass is 9.45. The summed E-state index contributed by atoms with van der Waals surface area (Å²) in [5.74, 6) is 0.536. The largest absolute Gasteiger partial charge is 0.380 e. The molecule has 0 radical (unpaired) electrons. The lowest BCUT2D eigenvalue weighted by Gasteiger charge is -2.57. The molecule has 4 heteroatoms. The Kier molecular flexibility index (Phi) is 3.84. The van der Waals surface area contributed by atoms with Gasteiger partial charge in [-0.25, -0.2) is 0 Å². The summed E-state index contributed by atoms with van der Waals surface area (Å²) in [4.78, 5) is 17.3. The molecule has 2 heterocycles. The number of thiophene rings is 1. The van der Waals surface area contributed by atoms with Crippen LogP contribution in [0, 0.1) is 11.8 Å². The number of rotatable bonds is 3. The fourth-order valence-corrected chi connectivity index (χ4v) is 7.83. The fraction of sp³-hybridized carbons (Fsp3) is 0.346. The number of hydrogen-bond acceptors (Lipinski definition) is 3. The van der Waals surface area contributed by atoms with E-state index in [1.807, 2.05) is 11.9 Å². The van der Waals surface area contributed by atoms with E-state index in [0.717, 1.165) is 0 Å². The van der Waals surface area contributed by atoms with Gasteiger partial charge >= 0.3 is 0 Å². The number of ether oxygens (including phenoxy) is 1. The van der Waals surface area contributed by atoms with Crippen molar-refractivity contribution in [2.45, 2.75) is 30.4 Å². The van der Waals surface area contributed by atoms with Gasteiger partial charge < -0.3 is 9.64 Å². The highest BCUT2D eigenvalue weighted by atomic mass is 32.1. The van der Waals surface area contributed by atoms with Crippen LogP contribution in [0.3, 0.4) is 0 Å². The van der Waals surface area contributed by atoms with E-state index < -0.39 is 5.41 Å². The minimum Gasteiger partial charge on any atom is -0.380 e. The van der Waals surface area contributed by atoms with Gasteiger partial charge in [-0.2, -0.15) is 0 Å². The van der Waals surface area contributed by atoms with Crippen LogP contribution in [0.25, 0.3) is 0 Å². The van der Waals surface area contributed by atoms with E-state index in [1.165, 1.54) is 27.1 Å². The lowest BCUT2D eigenvalue weighted by molar-refractivity contribution is -0.135. The Labute approximate surface area is 181 Å². The third-order valence-electron chi connectivity index (χ3n) is 7.97. The molecule has 0 N–H and O–H groups in total. The van der Waals surface area contributed by atoms with Gasteiger partial charge in [0, 0.05) is 30.9 Å². The van der Waals surface area contributed by atoms with Gasteiger partial charge in [0.2, 0.25) is 5.91 Å². The van der Waals surface area contributed by atoms with E-state index in [4.69, 9.17) is 4.74 Å². The van der Waals surface area contributed by atoms with E-state index in [-0.39, 0.29) is 35.8 Å². The molecule has 152 valence electrons. The molecule has 2 bridgehead atoms. The summed E-state index contributed by atoms with van der Waals surface area (Å²) in [6.45, 7) is 2.14. The second kappa shape index (κ2) is 6.29. The van der Waals surface area contributed by atoms with Crippen molar-refractivity contribution in [3.05, 3.63) is 93.2 Å². The van der Waals surface area contributed by atoms with Gasteiger partial charge in [0.15, 0.2) is 0 Å². The predicted octanol–water partition coefficient (Wildman–Crippen LogP) is 4.97. The zero-order chi connectivity index (χ0) is 20.6. The Morgan fingerprint density at radius 3 is 2.20 bits per heavy atom. The number of methoxy groups -OCH3 is 1. The molecular weight excluding hydrogens is 390 g/mol. The Hall–Kier alpha value is -2.43. The number of nitrogens with zero attached hydrogens (tertiary/aromatic N) is 1. The number of likely N-dealkylation sites (tertiary alicyclic amines) is 1. The Bertz CT molecular complexity index is 1090. The van der Waals surface area contributed by atoms with Crippen molar-refractivity contribution in [2.75, 3.05) is 14.2 Å². The first-order valence-corrected chi connectivity index (χ1v) is 11.5. The van der Waals surface area contributed by atoms with Crippen molar-refractivity contribution in [1.82, 2.24) is 4.90 Å². The van der Waals surface area contributed by atoms with Crippen molar-refractivity contribution < 1.29 is 9.53 Å². The summed E-state index contributed by atoms with van der Waals surface area (Å²) in [5, 5.41) is 2.12. The van der Waals surface area contributed by atoms with Crippen LogP contribution in [0.4, 0.5) is 0 Å². The molecule has 0 spiro atoms. The second-order valence-corrected chi connectivity index (χ2v) is 9.84. The van der Waals surface area contributed by atoms with E-state index in [9.17, 15) is 4.79 Å². The average Bonchev–Trinajstić information content (AvgIpc) is 3.40. The van der Waals surface area contributed by atoms with Crippen molar-refractivity contribution in [3.63, 3.8) is 0 Å². The van der Waals surface area contributed by atoms with Gasteiger partial charge in [-0.3, -0.25) is 4.79 Å². The maximum absolute atomic E-state index is 14.0. The van der Waals surface area contributed by atoms with Crippen LogP contribution in [-0.2, 0) is 14.9 Å². The predicted molar refractivity (Wildman–Crippen MR) is 119 cm³/mol. The van der Waals surface area contributed by atoms with Crippen LogP contribution in [0.2, 0.25) is 0 Å². The van der Waals surface area contributed by atoms with Gasteiger partial charge in [0.25, 0.3) is 0 Å². The van der Waals surface area contributed by atoms with E-state index in [2.05, 4.69) is 73.0 Å². The van der Waals surface area contributed by atoms with Crippen LogP contribution >= 0.6 is 11.3 Å². The van der Waals surface area contributed by atoms with Crippen molar-refractivity contribution in [2.24, 2.45) is 11.8 Å². The highest BCUT2D eigenvalue weighted by molar-refractivity contribution is 7.10. The average molecular weight is 416 g/mol. The van der Waals surface area contributed by atoms with Crippen molar-refractivity contribution in [3.8, 4) is 0 Å². The van der Waals surface area contributed by atoms with E-state index in [0.29, 0.717) is 0 Å². The molecule has 2 aromatic carbocycles. The van der Waals surface area contributed by atoms with Crippen LogP contribution in [0.15, 0.2) is 66.0 Å². The molecule has 1 fully saturated rings. The normalized spacial score (nSPS) is 32.0. The molecule has 3 aromatic rings. The van der Waals surface area contributed by atoms with Crippen LogP contribution in [0.5, 0.6) is 0 Å². The molecule has 1 aromatic heterocycles. The molecule has 7 rings (SSSR count). The lowest BCUT2D eigenvalue weighted by Crippen LogP contribution is -2.58. The number of hydrogen-bond donors (Lipinski definition) is 0. The summed E-state index contributed by atoms with van der Waals surface area (Å²) in [5.41, 5.74) is 4.81. The molecule has 1 aliphatic heterocycles. The quantitative estimate of drug-likeness (QED) is 0.604. The topological polar surface area (TPSA) is 29.5 Å². The first-order valence-electron chi connectivity index (χ1n) is 10.6. The summed E-state index contributed by atoms with van der Waals surface area (Å²) in [7, 11) is 3.77. The zero-order valence-electron chi connectivity index (χ0n) is 17.4. The summed E-state index contributed by atoms with van der Waals surface area (Å²) < 4.78 is 6.07. The third kappa shape index (κ3) is 1.97. The first kappa shape index (κ1) is 18.3.